The Balaban J connectivity index is 1.91. The third-order valence-corrected chi connectivity index (χ3v) is 2.66. The van der Waals surface area contributed by atoms with Gasteiger partial charge in [-0.05, 0) is 43.3 Å². The second kappa shape index (κ2) is 7.04. The van der Waals surface area contributed by atoms with Gasteiger partial charge in [-0.25, -0.2) is 0 Å². The zero-order chi connectivity index (χ0) is 15.1. The van der Waals surface area contributed by atoms with E-state index in [0.717, 1.165) is 0 Å². The lowest BCUT2D eigenvalue weighted by atomic mass is 10.2. The standard InChI is InChI=1S/C15H15N3O3/c1-2-21-13-5-3-11(4-6-13)14(19)17-18-15(20)12-7-9-16-10-8-12/h3-10H,2H2,1H3,(H,17,19)(H,18,20). The number of nitrogens with one attached hydrogen (secondary N) is 2. The lowest BCUT2D eigenvalue weighted by Crippen LogP contribution is -2.41. The number of carbonyl (C=O) groups is 2. The van der Waals surface area contributed by atoms with Gasteiger partial charge in [0.2, 0.25) is 0 Å². The topological polar surface area (TPSA) is 80.3 Å². The molecular formula is C15H15N3O3. The third-order valence-electron chi connectivity index (χ3n) is 2.66. The van der Waals surface area contributed by atoms with Gasteiger partial charge in [-0.15, -0.1) is 0 Å². The Labute approximate surface area is 122 Å². The average Bonchev–Trinajstić information content (AvgIpc) is 2.54. The monoisotopic (exact) mass is 285 g/mol. The van der Waals surface area contributed by atoms with Gasteiger partial charge in [0.15, 0.2) is 0 Å². The highest BCUT2D eigenvalue weighted by molar-refractivity contribution is 5.98. The zero-order valence-corrected chi connectivity index (χ0v) is 11.5. The van der Waals surface area contributed by atoms with Crippen molar-refractivity contribution < 1.29 is 14.3 Å². The van der Waals surface area contributed by atoms with Crippen LogP contribution in [0.25, 0.3) is 0 Å². The molecule has 2 aromatic rings. The minimum Gasteiger partial charge on any atom is -0.494 e. The quantitative estimate of drug-likeness (QED) is 0.835. The highest BCUT2D eigenvalue weighted by Gasteiger charge is 2.08. The minimum absolute atomic E-state index is 0.402. The van der Waals surface area contributed by atoms with E-state index in [4.69, 9.17) is 4.74 Å². The lowest BCUT2D eigenvalue weighted by molar-refractivity contribution is 0.0846. The summed E-state index contributed by atoms with van der Waals surface area (Å²) in [6.07, 6.45) is 3.01. The lowest BCUT2D eigenvalue weighted by Gasteiger charge is -2.08. The molecule has 6 heteroatoms. The number of hydrogen-bond acceptors (Lipinski definition) is 4. The Bertz CT molecular complexity index is 612. The first kappa shape index (κ1) is 14.5. The van der Waals surface area contributed by atoms with Gasteiger partial charge >= 0.3 is 0 Å². The number of carbonyl (C=O) groups excluding carboxylic acids is 2. The fourth-order valence-electron chi connectivity index (χ4n) is 1.63. The van der Waals surface area contributed by atoms with Crippen molar-refractivity contribution in [3.8, 4) is 5.75 Å². The molecule has 21 heavy (non-hydrogen) atoms. The van der Waals surface area contributed by atoms with Crippen LogP contribution in [0.4, 0.5) is 0 Å². The number of hydrogen-bond donors (Lipinski definition) is 2. The highest BCUT2D eigenvalue weighted by Crippen LogP contribution is 2.11. The first-order chi connectivity index (χ1) is 10.2. The molecule has 0 unspecified atom stereocenters. The van der Waals surface area contributed by atoms with E-state index in [1.165, 1.54) is 12.4 Å². The summed E-state index contributed by atoms with van der Waals surface area (Å²) in [7, 11) is 0. The summed E-state index contributed by atoms with van der Waals surface area (Å²) in [5, 5.41) is 0. The Morgan fingerprint density at radius 3 is 2.00 bits per heavy atom. The molecule has 0 aliphatic rings. The fourth-order valence-corrected chi connectivity index (χ4v) is 1.63. The normalized spacial score (nSPS) is 9.76. The van der Waals surface area contributed by atoms with E-state index in [1.807, 2.05) is 6.92 Å². The largest absolute Gasteiger partial charge is 0.494 e. The van der Waals surface area contributed by atoms with Crippen LogP contribution in [0, 0.1) is 0 Å². The Morgan fingerprint density at radius 1 is 0.952 bits per heavy atom. The van der Waals surface area contributed by atoms with Gasteiger partial charge in [0.05, 0.1) is 6.61 Å². The summed E-state index contributed by atoms with van der Waals surface area (Å²) in [5.74, 6) is -0.119. The molecule has 1 heterocycles. The van der Waals surface area contributed by atoms with E-state index in [-0.39, 0.29) is 0 Å². The Morgan fingerprint density at radius 2 is 1.48 bits per heavy atom. The molecule has 1 aromatic heterocycles. The van der Waals surface area contributed by atoms with Crippen molar-refractivity contribution in [2.24, 2.45) is 0 Å². The first-order valence-corrected chi connectivity index (χ1v) is 6.44. The van der Waals surface area contributed by atoms with E-state index < -0.39 is 11.8 Å². The second-order valence-electron chi connectivity index (χ2n) is 4.10. The molecule has 0 saturated heterocycles. The van der Waals surface area contributed by atoms with Gasteiger partial charge in [-0.2, -0.15) is 0 Å². The van der Waals surface area contributed by atoms with Crippen LogP contribution in [0.1, 0.15) is 27.6 Å². The summed E-state index contributed by atoms with van der Waals surface area (Å²) in [5.41, 5.74) is 5.53. The van der Waals surface area contributed by atoms with Crippen molar-refractivity contribution in [2.45, 2.75) is 6.92 Å². The molecule has 0 aliphatic heterocycles. The van der Waals surface area contributed by atoms with Crippen molar-refractivity contribution in [2.75, 3.05) is 6.61 Å². The van der Waals surface area contributed by atoms with Crippen LogP contribution in [0.15, 0.2) is 48.8 Å². The number of ether oxygens (including phenoxy) is 1. The summed E-state index contributed by atoms with van der Waals surface area (Å²) >= 11 is 0. The maximum Gasteiger partial charge on any atom is 0.269 e. The molecule has 2 N–H and O–H groups in total. The molecule has 6 nitrogen and oxygen atoms in total. The number of aromatic nitrogens is 1. The summed E-state index contributed by atoms with van der Waals surface area (Å²) in [6.45, 7) is 2.45. The highest BCUT2D eigenvalue weighted by atomic mass is 16.5. The SMILES string of the molecule is CCOc1ccc(C(=O)NNC(=O)c2ccncc2)cc1. The second-order valence-corrected chi connectivity index (χ2v) is 4.10. The van der Waals surface area contributed by atoms with Crippen LogP contribution in [0.2, 0.25) is 0 Å². The van der Waals surface area contributed by atoms with Crippen molar-refractivity contribution in [1.82, 2.24) is 15.8 Å². The number of benzene rings is 1. The summed E-state index contributed by atoms with van der Waals surface area (Å²) in [6, 6.07) is 9.75. The molecule has 108 valence electrons. The van der Waals surface area contributed by atoms with Gasteiger partial charge in [-0.1, -0.05) is 0 Å². The van der Waals surface area contributed by atoms with Crippen LogP contribution in [0.5, 0.6) is 5.75 Å². The number of amides is 2. The van der Waals surface area contributed by atoms with Crippen LogP contribution < -0.4 is 15.6 Å². The average molecular weight is 285 g/mol. The molecule has 2 rings (SSSR count). The Kier molecular flexibility index (Phi) is 4.87. The van der Waals surface area contributed by atoms with Gasteiger partial charge in [-0.3, -0.25) is 25.4 Å². The molecule has 0 saturated carbocycles. The maximum absolute atomic E-state index is 11.9. The molecular weight excluding hydrogens is 270 g/mol. The van der Waals surface area contributed by atoms with Gasteiger partial charge in [0.25, 0.3) is 11.8 Å². The van der Waals surface area contributed by atoms with E-state index in [9.17, 15) is 9.59 Å². The van der Waals surface area contributed by atoms with Gasteiger partial charge < -0.3 is 4.74 Å². The molecule has 0 atom stereocenters. The van der Waals surface area contributed by atoms with Gasteiger partial charge in [0, 0.05) is 23.5 Å². The van der Waals surface area contributed by atoms with Crippen molar-refractivity contribution in [3.05, 3.63) is 59.9 Å². The zero-order valence-electron chi connectivity index (χ0n) is 11.5. The number of hydrazine groups is 1. The molecule has 2 amide bonds. The van der Waals surface area contributed by atoms with E-state index >= 15 is 0 Å². The maximum atomic E-state index is 11.9. The summed E-state index contributed by atoms with van der Waals surface area (Å²) < 4.78 is 5.29. The smallest absolute Gasteiger partial charge is 0.269 e. The minimum atomic E-state index is -0.406. The molecule has 0 aliphatic carbocycles. The van der Waals surface area contributed by atoms with Crippen LogP contribution in [-0.2, 0) is 0 Å². The molecule has 0 fully saturated rings. The molecule has 0 spiro atoms. The molecule has 0 radical (unpaired) electrons. The number of nitrogens with zero attached hydrogens (tertiary/aromatic N) is 1. The van der Waals surface area contributed by atoms with E-state index in [0.29, 0.717) is 23.5 Å². The van der Waals surface area contributed by atoms with Crippen LogP contribution in [-0.4, -0.2) is 23.4 Å². The van der Waals surface area contributed by atoms with Crippen molar-refractivity contribution >= 4 is 11.8 Å². The van der Waals surface area contributed by atoms with Crippen molar-refractivity contribution in [1.29, 1.82) is 0 Å². The predicted molar refractivity (Wildman–Crippen MR) is 76.8 cm³/mol. The van der Waals surface area contributed by atoms with E-state index in [2.05, 4.69) is 15.8 Å². The van der Waals surface area contributed by atoms with E-state index in [1.54, 1.807) is 36.4 Å². The van der Waals surface area contributed by atoms with Crippen molar-refractivity contribution in [3.63, 3.8) is 0 Å². The molecule has 0 bridgehead atoms. The third kappa shape index (κ3) is 4.04. The first-order valence-electron chi connectivity index (χ1n) is 6.44. The van der Waals surface area contributed by atoms with Gasteiger partial charge in [0.1, 0.15) is 5.75 Å². The fraction of sp³-hybridized carbons (Fsp3) is 0.133. The molecule has 1 aromatic carbocycles. The van der Waals surface area contributed by atoms with Crippen LogP contribution >= 0.6 is 0 Å². The van der Waals surface area contributed by atoms with Crippen LogP contribution in [0.3, 0.4) is 0 Å². The summed E-state index contributed by atoms with van der Waals surface area (Å²) in [4.78, 5) is 27.4. The number of pyridine rings is 1. The predicted octanol–water partition coefficient (Wildman–Crippen LogP) is 1.56. The Hall–Kier alpha value is -2.89. The number of rotatable bonds is 4.